The van der Waals surface area contributed by atoms with Crippen LogP contribution in [0.3, 0.4) is 0 Å². The van der Waals surface area contributed by atoms with Gasteiger partial charge in [-0.15, -0.1) is 11.3 Å². The Kier molecular flexibility index (Phi) is 6.54. The summed E-state index contributed by atoms with van der Waals surface area (Å²) in [5, 5.41) is 21.5. The molecule has 0 saturated carbocycles. The molecule has 2 spiro atoms. The van der Waals surface area contributed by atoms with E-state index < -0.39 is 0 Å². The zero-order chi connectivity index (χ0) is 31.2. The fourth-order valence-corrected chi connectivity index (χ4v) is 10.7. The van der Waals surface area contributed by atoms with Crippen molar-refractivity contribution in [3.05, 3.63) is 33.5 Å². The van der Waals surface area contributed by atoms with Gasteiger partial charge in [-0.25, -0.2) is 14.6 Å². The molecule has 5 aliphatic rings. The van der Waals surface area contributed by atoms with E-state index >= 15 is 0 Å². The molecule has 9 rings (SSSR count). The zero-order valence-electron chi connectivity index (χ0n) is 26.7. The Balaban J connectivity index is 1.21. The number of hydrogen-bond acceptors (Lipinski definition) is 11. The van der Waals surface area contributed by atoms with Crippen molar-refractivity contribution >= 4 is 33.2 Å². The summed E-state index contributed by atoms with van der Waals surface area (Å²) in [6.45, 7) is 5.85. The van der Waals surface area contributed by atoms with E-state index in [1.807, 2.05) is 6.20 Å². The average Bonchev–Trinajstić information content (AvgIpc) is 3.86. The Bertz CT molecular complexity index is 1880. The van der Waals surface area contributed by atoms with E-state index in [-0.39, 0.29) is 17.0 Å². The molecule has 4 unspecified atom stereocenters. The predicted octanol–water partition coefficient (Wildman–Crippen LogP) is 5.37. The third kappa shape index (κ3) is 3.94. The van der Waals surface area contributed by atoms with Crippen LogP contribution in [-0.4, -0.2) is 74.7 Å². The van der Waals surface area contributed by atoms with Crippen LogP contribution in [0.2, 0.25) is 0 Å². The van der Waals surface area contributed by atoms with Gasteiger partial charge in [0, 0.05) is 29.6 Å². The Morgan fingerprint density at radius 3 is 2.72 bits per heavy atom. The van der Waals surface area contributed by atoms with Gasteiger partial charge in [0.1, 0.15) is 16.9 Å². The fraction of sp³-hybridized carbons (Fsp3) is 0.618. The number of thiophene rings is 1. The van der Waals surface area contributed by atoms with Crippen molar-refractivity contribution in [3.63, 3.8) is 0 Å². The van der Waals surface area contributed by atoms with E-state index in [0.29, 0.717) is 22.4 Å². The number of rotatable bonds is 4. The van der Waals surface area contributed by atoms with Crippen LogP contribution in [-0.2, 0) is 23.0 Å². The van der Waals surface area contributed by atoms with Crippen molar-refractivity contribution in [3.8, 4) is 17.6 Å². The van der Waals surface area contributed by atoms with Gasteiger partial charge in [-0.05, 0) is 96.7 Å². The summed E-state index contributed by atoms with van der Waals surface area (Å²) in [5.41, 5.74) is 10.3. The van der Waals surface area contributed by atoms with E-state index in [4.69, 9.17) is 35.2 Å². The molecule has 3 saturated heterocycles. The molecule has 0 aromatic carbocycles. The minimum absolute atomic E-state index is 0.0332. The second-order valence-corrected chi connectivity index (χ2v) is 15.4. The van der Waals surface area contributed by atoms with Crippen LogP contribution in [0.5, 0.6) is 0 Å². The lowest BCUT2D eigenvalue weighted by molar-refractivity contribution is 0.00943. The summed E-state index contributed by atoms with van der Waals surface area (Å²) < 4.78 is 14.5. The van der Waals surface area contributed by atoms with Gasteiger partial charge in [0.2, 0.25) is 0 Å². The molecule has 3 fully saturated rings. The Hall–Kier alpha value is -3.53. The van der Waals surface area contributed by atoms with Crippen LogP contribution in [0, 0.1) is 11.3 Å². The molecule has 0 bridgehead atoms. The first kappa shape index (κ1) is 28.7. The first-order valence-corrected chi connectivity index (χ1v) is 17.9. The smallest absolute Gasteiger partial charge is 0.186 e. The highest BCUT2D eigenvalue weighted by Gasteiger charge is 2.50. The number of ether oxygens (including phenoxy) is 1. The molecule has 4 aromatic heterocycles. The number of nitrogens with zero attached hydrogens (tertiary/aromatic N) is 8. The van der Waals surface area contributed by atoms with Crippen LogP contribution in [0.15, 0.2) is 10.7 Å². The molecule has 240 valence electrons. The van der Waals surface area contributed by atoms with Crippen molar-refractivity contribution in [1.29, 1.82) is 5.26 Å². The van der Waals surface area contributed by atoms with Crippen LogP contribution in [0.1, 0.15) is 98.1 Å². The summed E-state index contributed by atoms with van der Waals surface area (Å²) in [5.74, 6) is 2.40. The molecular formula is C34H41N9O2S. The molecule has 7 heterocycles. The van der Waals surface area contributed by atoms with Crippen LogP contribution in [0.25, 0.3) is 22.6 Å². The van der Waals surface area contributed by atoms with Crippen molar-refractivity contribution in [2.45, 2.75) is 101 Å². The number of nitriles is 1. The van der Waals surface area contributed by atoms with Gasteiger partial charge >= 0.3 is 0 Å². The highest BCUT2D eigenvalue weighted by Crippen LogP contribution is 2.55. The second-order valence-electron chi connectivity index (χ2n) is 14.3. The lowest BCUT2D eigenvalue weighted by atomic mass is 9.63. The van der Waals surface area contributed by atoms with Crippen LogP contribution >= 0.6 is 11.3 Å². The second kappa shape index (κ2) is 10.5. The summed E-state index contributed by atoms with van der Waals surface area (Å²) in [6.07, 6.45) is 13.2. The van der Waals surface area contributed by atoms with Crippen LogP contribution in [0.4, 0.5) is 10.8 Å². The normalized spacial score (nSPS) is 28.4. The zero-order valence-corrected chi connectivity index (χ0v) is 27.5. The molecule has 2 aliphatic carbocycles. The number of anilines is 2. The average molecular weight is 640 g/mol. The Morgan fingerprint density at radius 1 is 1.11 bits per heavy atom. The SMILES string of the molecule is CC(C1CCCN1C)n1ncc2c(N3CCC34CCCOC4)nc(-c3noc4c3CCCC43CCCc4sc(N)c(C#N)c43)nc21. The van der Waals surface area contributed by atoms with E-state index in [9.17, 15) is 5.26 Å². The molecule has 0 amide bonds. The molecule has 11 nitrogen and oxygen atoms in total. The van der Waals surface area contributed by atoms with E-state index in [2.05, 4.69) is 34.5 Å². The van der Waals surface area contributed by atoms with Gasteiger partial charge in [-0.1, -0.05) is 5.16 Å². The Morgan fingerprint density at radius 2 is 1.98 bits per heavy atom. The van der Waals surface area contributed by atoms with Gasteiger partial charge in [0.25, 0.3) is 0 Å². The number of likely N-dealkylation sites (N-methyl/N-ethyl adjacent to an activating group) is 1. The minimum atomic E-state index is -0.386. The summed E-state index contributed by atoms with van der Waals surface area (Å²) in [6, 6.07) is 3.00. The van der Waals surface area contributed by atoms with Gasteiger partial charge < -0.3 is 24.8 Å². The quantitative estimate of drug-likeness (QED) is 0.311. The van der Waals surface area contributed by atoms with Crippen molar-refractivity contribution in [2.75, 3.05) is 44.0 Å². The van der Waals surface area contributed by atoms with E-state index in [1.165, 1.54) is 11.3 Å². The van der Waals surface area contributed by atoms with Gasteiger partial charge in [0.15, 0.2) is 22.9 Å². The standard InChI is InChI=1S/C34H41N9O2S/c1-20(24-8-5-14-41(24)2)43-32-23(18-37-43)31(42-15-13-33(42)10-6-16-44-19-33)38-30(39-32)27-21-7-3-11-34(28(21)45-40-27)12-4-9-25-26(34)22(17-35)29(36)46-25/h18,20,24H,3-16,19,36H2,1-2H3. The molecule has 2 N–H and O–H groups in total. The lowest BCUT2D eigenvalue weighted by Crippen LogP contribution is -2.64. The van der Waals surface area contributed by atoms with E-state index in [0.717, 1.165) is 130 Å². The summed E-state index contributed by atoms with van der Waals surface area (Å²) in [7, 11) is 2.21. The third-order valence-corrected chi connectivity index (χ3v) is 13.0. The van der Waals surface area contributed by atoms with Crippen LogP contribution < -0.4 is 10.6 Å². The maximum atomic E-state index is 10.2. The number of aromatic nitrogens is 5. The largest absolute Gasteiger partial charge is 0.389 e. The highest BCUT2D eigenvalue weighted by atomic mass is 32.1. The summed E-state index contributed by atoms with van der Waals surface area (Å²) in [4.78, 5) is 16.7. The molecule has 46 heavy (non-hydrogen) atoms. The topological polar surface area (TPSA) is 135 Å². The Labute approximate surface area is 272 Å². The minimum Gasteiger partial charge on any atom is -0.389 e. The summed E-state index contributed by atoms with van der Waals surface area (Å²) >= 11 is 1.57. The van der Waals surface area contributed by atoms with Gasteiger partial charge in [-0.2, -0.15) is 10.4 Å². The van der Waals surface area contributed by atoms with Gasteiger partial charge in [-0.3, -0.25) is 0 Å². The molecule has 12 heteroatoms. The number of hydrogen-bond donors (Lipinski definition) is 1. The predicted molar refractivity (Wildman–Crippen MR) is 176 cm³/mol. The maximum absolute atomic E-state index is 10.2. The molecular weight excluding hydrogens is 599 g/mol. The molecule has 0 radical (unpaired) electrons. The first-order chi connectivity index (χ1) is 22.4. The first-order valence-electron chi connectivity index (χ1n) is 17.1. The molecule has 4 aromatic rings. The number of nitrogens with two attached hydrogens (primary N) is 1. The number of fused-ring (bicyclic) bond motifs is 5. The molecule has 4 atom stereocenters. The fourth-order valence-electron chi connectivity index (χ4n) is 9.56. The third-order valence-electron chi connectivity index (χ3n) is 12.0. The van der Waals surface area contributed by atoms with Crippen molar-refractivity contribution in [2.24, 2.45) is 0 Å². The maximum Gasteiger partial charge on any atom is 0.186 e. The van der Waals surface area contributed by atoms with E-state index in [1.54, 1.807) is 11.3 Å². The monoisotopic (exact) mass is 639 g/mol. The van der Waals surface area contributed by atoms with Crippen molar-refractivity contribution < 1.29 is 9.26 Å². The number of nitrogen functional groups attached to an aromatic ring is 1. The lowest BCUT2D eigenvalue weighted by Gasteiger charge is -2.55. The van der Waals surface area contributed by atoms with Crippen molar-refractivity contribution in [1.82, 2.24) is 29.8 Å². The number of likely N-dealkylation sites (tertiary alicyclic amines) is 1. The highest BCUT2D eigenvalue weighted by molar-refractivity contribution is 7.16. The molecule has 3 aliphatic heterocycles. The number of aryl methyl sites for hydroxylation is 1. The van der Waals surface area contributed by atoms with Gasteiger partial charge in [0.05, 0.1) is 40.7 Å².